The van der Waals surface area contributed by atoms with Gasteiger partial charge in [0, 0.05) is 13.3 Å². The molecule has 28 heavy (non-hydrogen) atoms. The largest absolute Gasteiger partial charge is 0.481 e. The molecule has 2 aliphatic carbocycles. The highest BCUT2D eigenvalue weighted by molar-refractivity contribution is 5.67. The van der Waals surface area contributed by atoms with Crippen molar-refractivity contribution in [2.45, 2.75) is 99.5 Å². The second kappa shape index (κ2) is 11.8. The van der Waals surface area contributed by atoms with Crippen molar-refractivity contribution in [3.63, 3.8) is 0 Å². The van der Waals surface area contributed by atoms with Gasteiger partial charge in [-0.1, -0.05) is 54.4 Å². The van der Waals surface area contributed by atoms with Crippen LogP contribution in [0.3, 0.4) is 0 Å². The van der Waals surface area contributed by atoms with E-state index in [1.165, 1.54) is 32.6 Å². The van der Waals surface area contributed by atoms with Crippen molar-refractivity contribution in [2.24, 2.45) is 41.4 Å². The highest BCUT2D eigenvalue weighted by atomic mass is 16.5. The van der Waals surface area contributed by atoms with Gasteiger partial charge in [0.25, 0.3) is 0 Å². The van der Waals surface area contributed by atoms with Gasteiger partial charge in [0.15, 0.2) is 0 Å². The number of carbonyl (C=O) groups excluding carboxylic acids is 1. The van der Waals surface area contributed by atoms with Crippen LogP contribution >= 0.6 is 0 Å². The Bertz CT molecular complexity index is 441. The van der Waals surface area contributed by atoms with Crippen molar-refractivity contribution in [3.05, 3.63) is 0 Å². The van der Waals surface area contributed by atoms with E-state index in [4.69, 9.17) is 9.84 Å². The van der Waals surface area contributed by atoms with E-state index in [1.807, 2.05) is 0 Å². The molecule has 0 heterocycles. The fraction of sp³-hybridized carbons (Fsp3) is 0.917. The molecule has 0 aliphatic heterocycles. The number of carboxylic acid groups (broad SMARTS) is 1. The lowest BCUT2D eigenvalue weighted by Gasteiger charge is -2.36. The third-order valence-electron chi connectivity index (χ3n) is 6.88. The van der Waals surface area contributed by atoms with Crippen molar-refractivity contribution in [1.29, 1.82) is 0 Å². The van der Waals surface area contributed by atoms with Gasteiger partial charge >= 0.3 is 11.9 Å². The Labute approximate surface area is 172 Å². The minimum Gasteiger partial charge on any atom is -0.481 e. The summed E-state index contributed by atoms with van der Waals surface area (Å²) < 4.78 is 5.40. The van der Waals surface area contributed by atoms with Crippen LogP contribution in [0, 0.1) is 41.4 Å². The number of carboxylic acids is 1. The molecule has 0 aromatic rings. The number of esters is 1. The van der Waals surface area contributed by atoms with E-state index in [1.54, 1.807) is 0 Å². The summed E-state index contributed by atoms with van der Waals surface area (Å²) in [6.45, 7) is 14.9. The van der Waals surface area contributed by atoms with Gasteiger partial charge in [0.1, 0.15) is 6.10 Å². The Balaban J connectivity index is 0.000000280. The second-order valence-corrected chi connectivity index (χ2v) is 10.2. The van der Waals surface area contributed by atoms with Crippen LogP contribution in [-0.4, -0.2) is 23.1 Å². The van der Waals surface area contributed by atoms with Crippen LogP contribution in [0.1, 0.15) is 93.4 Å². The van der Waals surface area contributed by atoms with E-state index in [0.29, 0.717) is 47.8 Å². The molecular formula is C24H44O4. The first kappa shape index (κ1) is 25.0. The van der Waals surface area contributed by atoms with Crippen LogP contribution in [-0.2, 0) is 14.3 Å². The minimum absolute atomic E-state index is 0.130. The molecule has 4 heteroatoms. The second-order valence-electron chi connectivity index (χ2n) is 10.2. The van der Waals surface area contributed by atoms with Crippen LogP contribution in [0.25, 0.3) is 0 Å². The standard InChI is InChI=1S/2C12H22O2/c1-8(2)11-6-5-9(3)7-12(11)14-10(4)13;1-8(2)11-5-4-9(3)6-10(11)7-12(13)14/h8-9,11-12H,5-7H2,1-4H3;8-11H,4-7H2,1-3H3,(H,13,14)/t9-,11+,12-;/m1./s1. The van der Waals surface area contributed by atoms with E-state index in [-0.39, 0.29) is 12.1 Å². The molecule has 0 aromatic carbocycles. The van der Waals surface area contributed by atoms with Crippen molar-refractivity contribution in [2.75, 3.05) is 0 Å². The zero-order valence-electron chi connectivity index (χ0n) is 19.2. The summed E-state index contributed by atoms with van der Waals surface area (Å²) in [4.78, 5) is 21.7. The lowest BCUT2D eigenvalue weighted by atomic mass is 9.69. The van der Waals surface area contributed by atoms with Crippen molar-refractivity contribution < 1.29 is 19.4 Å². The zero-order chi connectivity index (χ0) is 21.4. The molecule has 3 unspecified atom stereocenters. The molecule has 2 saturated carbocycles. The fourth-order valence-electron chi connectivity index (χ4n) is 5.32. The van der Waals surface area contributed by atoms with Crippen LogP contribution in [0.15, 0.2) is 0 Å². The molecule has 0 spiro atoms. The molecular weight excluding hydrogens is 352 g/mol. The lowest BCUT2D eigenvalue weighted by Crippen LogP contribution is -2.35. The highest BCUT2D eigenvalue weighted by Crippen LogP contribution is 2.39. The topological polar surface area (TPSA) is 63.6 Å². The van der Waals surface area contributed by atoms with Crippen LogP contribution in [0.4, 0.5) is 0 Å². The maximum atomic E-state index is 11.0. The summed E-state index contributed by atoms with van der Waals surface area (Å²) in [5.41, 5.74) is 0. The Morgan fingerprint density at radius 3 is 1.86 bits per heavy atom. The van der Waals surface area contributed by atoms with Crippen LogP contribution in [0.5, 0.6) is 0 Å². The quantitative estimate of drug-likeness (QED) is 0.564. The number of ether oxygens (including phenoxy) is 1. The van der Waals surface area contributed by atoms with Gasteiger partial charge in [-0.05, 0) is 67.1 Å². The van der Waals surface area contributed by atoms with Gasteiger partial charge in [-0.25, -0.2) is 0 Å². The van der Waals surface area contributed by atoms with E-state index in [2.05, 4.69) is 41.5 Å². The molecule has 0 saturated heterocycles. The summed E-state index contributed by atoms with van der Waals surface area (Å²) in [5.74, 6) is 3.51. The summed E-state index contributed by atoms with van der Waals surface area (Å²) in [5, 5.41) is 8.85. The first-order valence-corrected chi connectivity index (χ1v) is 11.4. The molecule has 0 amide bonds. The van der Waals surface area contributed by atoms with E-state index < -0.39 is 5.97 Å². The average molecular weight is 397 g/mol. The lowest BCUT2D eigenvalue weighted by molar-refractivity contribution is -0.153. The van der Waals surface area contributed by atoms with Gasteiger partial charge in [-0.3, -0.25) is 9.59 Å². The maximum Gasteiger partial charge on any atom is 0.303 e. The zero-order valence-corrected chi connectivity index (χ0v) is 19.2. The third kappa shape index (κ3) is 8.53. The number of carbonyl (C=O) groups is 2. The Hall–Kier alpha value is -1.06. The number of aliphatic carboxylic acids is 1. The Morgan fingerprint density at radius 1 is 0.893 bits per heavy atom. The van der Waals surface area contributed by atoms with Crippen molar-refractivity contribution in [1.82, 2.24) is 0 Å². The van der Waals surface area contributed by atoms with Crippen molar-refractivity contribution >= 4 is 11.9 Å². The van der Waals surface area contributed by atoms with Crippen LogP contribution < -0.4 is 0 Å². The van der Waals surface area contributed by atoms with Gasteiger partial charge in [0.05, 0.1) is 0 Å². The van der Waals surface area contributed by atoms with E-state index in [9.17, 15) is 9.59 Å². The first-order chi connectivity index (χ1) is 13.0. The molecule has 0 aromatic heterocycles. The molecule has 2 fully saturated rings. The number of hydrogen-bond donors (Lipinski definition) is 1. The molecule has 2 rings (SSSR count). The maximum absolute atomic E-state index is 11.0. The molecule has 6 atom stereocenters. The third-order valence-corrected chi connectivity index (χ3v) is 6.88. The minimum atomic E-state index is -0.630. The van der Waals surface area contributed by atoms with Gasteiger partial charge in [-0.2, -0.15) is 0 Å². The summed E-state index contributed by atoms with van der Waals surface area (Å²) >= 11 is 0. The Kier molecular flexibility index (Phi) is 10.5. The van der Waals surface area contributed by atoms with Crippen LogP contribution in [0.2, 0.25) is 0 Å². The molecule has 0 bridgehead atoms. The SMILES string of the molecule is CC(=O)O[C@@H]1C[C@H](C)CC[C@H]1C(C)C.CC1CCC(C(C)C)C(CC(=O)O)C1. The van der Waals surface area contributed by atoms with Gasteiger partial charge in [0.2, 0.25) is 0 Å². The molecule has 1 N–H and O–H groups in total. The summed E-state index contributed by atoms with van der Waals surface area (Å²) in [6.07, 6.45) is 7.66. The van der Waals surface area contributed by atoms with Crippen molar-refractivity contribution in [3.8, 4) is 0 Å². The van der Waals surface area contributed by atoms with E-state index in [0.717, 1.165) is 12.8 Å². The highest BCUT2D eigenvalue weighted by Gasteiger charge is 2.33. The monoisotopic (exact) mass is 396 g/mol. The molecule has 2 aliphatic rings. The van der Waals surface area contributed by atoms with Gasteiger partial charge in [-0.15, -0.1) is 0 Å². The molecule has 4 nitrogen and oxygen atoms in total. The predicted molar refractivity (Wildman–Crippen MR) is 114 cm³/mol. The summed E-state index contributed by atoms with van der Waals surface area (Å²) in [6, 6.07) is 0. The Morgan fingerprint density at radius 2 is 1.39 bits per heavy atom. The normalized spacial score (nSPS) is 33.2. The van der Waals surface area contributed by atoms with E-state index >= 15 is 0 Å². The number of hydrogen-bond acceptors (Lipinski definition) is 3. The smallest absolute Gasteiger partial charge is 0.303 e. The first-order valence-electron chi connectivity index (χ1n) is 11.4. The molecule has 0 radical (unpaired) electrons. The average Bonchev–Trinajstić information content (AvgIpc) is 2.53. The number of rotatable bonds is 5. The fourth-order valence-corrected chi connectivity index (χ4v) is 5.32. The predicted octanol–water partition coefficient (Wildman–Crippen LogP) is 6.18. The molecule has 164 valence electrons. The van der Waals surface area contributed by atoms with Gasteiger partial charge < -0.3 is 9.84 Å². The summed E-state index contributed by atoms with van der Waals surface area (Å²) in [7, 11) is 0.